The molecule has 28 heavy (non-hydrogen) atoms. The third kappa shape index (κ3) is 3.68. The third-order valence-electron chi connectivity index (χ3n) is 4.39. The van der Waals surface area contributed by atoms with Gasteiger partial charge in [-0.3, -0.25) is 14.3 Å². The molecule has 2 aromatic heterocycles. The van der Waals surface area contributed by atoms with Gasteiger partial charge in [-0.25, -0.2) is 4.79 Å². The Morgan fingerprint density at radius 3 is 2.64 bits per heavy atom. The number of carbonyl (C=O) groups excluding carboxylic acids is 1. The fraction of sp³-hybridized carbons (Fsp3) is 0.0952. The van der Waals surface area contributed by atoms with E-state index in [1.54, 1.807) is 30.6 Å². The Morgan fingerprint density at radius 1 is 1.11 bits per heavy atom. The van der Waals surface area contributed by atoms with Crippen molar-refractivity contribution in [3.8, 4) is 0 Å². The first kappa shape index (κ1) is 18.0. The summed E-state index contributed by atoms with van der Waals surface area (Å²) >= 11 is 5.93. The van der Waals surface area contributed by atoms with Gasteiger partial charge in [-0.05, 0) is 29.3 Å². The van der Waals surface area contributed by atoms with E-state index in [1.807, 2.05) is 42.5 Å². The van der Waals surface area contributed by atoms with Crippen LogP contribution in [-0.4, -0.2) is 15.5 Å². The first-order chi connectivity index (χ1) is 13.6. The van der Waals surface area contributed by atoms with Crippen molar-refractivity contribution in [3.63, 3.8) is 0 Å². The number of nitrogens with one attached hydrogen (secondary N) is 1. The van der Waals surface area contributed by atoms with Crippen LogP contribution < -0.4 is 11.1 Å². The normalized spacial score (nSPS) is 12.0. The van der Waals surface area contributed by atoms with Crippen molar-refractivity contribution in [3.05, 3.63) is 99.8 Å². The topological polar surface area (TPSA) is 77.1 Å². The lowest BCUT2D eigenvalue weighted by molar-refractivity contribution is -0.122. The van der Waals surface area contributed by atoms with Crippen molar-refractivity contribution in [2.45, 2.75) is 12.6 Å². The van der Waals surface area contributed by atoms with Crippen LogP contribution in [0.1, 0.15) is 17.2 Å². The van der Waals surface area contributed by atoms with Gasteiger partial charge in [0.15, 0.2) is 5.58 Å². The molecule has 7 heteroatoms. The van der Waals surface area contributed by atoms with Crippen molar-refractivity contribution in [1.82, 2.24) is 14.9 Å². The molecule has 0 unspecified atom stereocenters. The minimum atomic E-state index is -0.606. The summed E-state index contributed by atoms with van der Waals surface area (Å²) in [5.41, 5.74) is 2.62. The Balaban J connectivity index is 1.62. The Kier molecular flexibility index (Phi) is 4.95. The minimum absolute atomic E-state index is 0.170. The minimum Gasteiger partial charge on any atom is -0.408 e. The molecule has 1 amide bonds. The molecule has 0 saturated carbocycles. The van der Waals surface area contributed by atoms with E-state index in [2.05, 4.69) is 10.3 Å². The summed E-state index contributed by atoms with van der Waals surface area (Å²) in [4.78, 5) is 29.1. The SMILES string of the molecule is O=C(Cn1c(=O)oc2cc(Cl)ccc21)N[C@H](c1ccccc1)c1cccnc1. The number of nitrogens with zero attached hydrogens (tertiary/aromatic N) is 2. The van der Waals surface area contributed by atoms with Gasteiger partial charge in [0.05, 0.1) is 11.6 Å². The summed E-state index contributed by atoms with van der Waals surface area (Å²) < 4.78 is 6.47. The number of pyridine rings is 1. The lowest BCUT2D eigenvalue weighted by Gasteiger charge is -2.19. The van der Waals surface area contributed by atoms with E-state index in [4.69, 9.17) is 16.0 Å². The van der Waals surface area contributed by atoms with Crippen LogP contribution in [0.5, 0.6) is 0 Å². The van der Waals surface area contributed by atoms with Gasteiger partial charge in [0.2, 0.25) is 5.91 Å². The van der Waals surface area contributed by atoms with Crippen LogP contribution in [0.25, 0.3) is 11.1 Å². The highest BCUT2D eigenvalue weighted by Gasteiger charge is 2.19. The first-order valence-electron chi connectivity index (χ1n) is 8.65. The van der Waals surface area contributed by atoms with Gasteiger partial charge in [-0.1, -0.05) is 48.0 Å². The smallest absolute Gasteiger partial charge is 0.408 e. The molecule has 4 aromatic rings. The largest absolute Gasteiger partial charge is 0.420 e. The number of hydrogen-bond donors (Lipinski definition) is 1. The molecule has 0 aliphatic rings. The zero-order valence-electron chi connectivity index (χ0n) is 14.7. The fourth-order valence-corrected chi connectivity index (χ4v) is 3.25. The van der Waals surface area contributed by atoms with Gasteiger partial charge >= 0.3 is 5.76 Å². The lowest BCUT2D eigenvalue weighted by Crippen LogP contribution is -2.34. The van der Waals surface area contributed by atoms with Crippen LogP contribution in [0.15, 0.2) is 82.3 Å². The van der Waals surface area contributed by atoms with Gasteiger partial charge < -0.3 is 9.73 Å². The Morgan fingerprint density at radius 2 is 1.89 bits per heavy atom. The molecule has 1 atom stereocenters. The first-order valence-corrected chi connectivity index (χ1v) is 9.03. The molecule has 0 aliphatic carbocycles. The average Bonchev–Trinajstić information content (AvgIpc) is 3.01. The lowest BCUT2D eigenvalue weighted by atomic mass is 10.0. The molecule has 2 heterocycles. The second kappa shape index (κ2) is 7.70. The molecular formula is C21H16ClN3O3. The highest BCUT2D eigenvalue weighted by atomic mass is 35.5. The zero-order chi connectivity index (χ0) is 19.5. The second-order valence-corrected chi connectivity index (χ2v) is 6.70. The van der Waals surface area contributed by atoms with E-state index >= 15 is 0 Å². The van der Waals surface area contributed by atoms with Crippen molar-refractivity contribution < 1.29 is 9.21 Å². The Hall–Kier alpha value is -3.38. The van der Waals surface area contributed by atoms with Crippen LogP contribution in [0, 0.1) is 0 Å². The van der Waals surface area contributed by atoms with Gasteiger partial charge in [0.1, 0.15) is 6.54 Å². The molecule has 2 aromatic carbocycles. The Labute approximate surface area is 165 Å². The number of halogens is 1. The molecule has 4 rings (SSSR count). The predicted octanol–water partition coefficient (Wildman–Crippen LogP) is 3.55. The highest BCUT2D eigenvalue weighted by molar-refractivity contribution is 6.31. The summed E-state index contributed by atoms with van der Waals surface area (Å²) in [6, 6.07) is 17.8. The number of benzene rings is 2. The number of carbonyl (C=O) groups is 1. The van der Waals surface area contributed by atoms with Crippen LogP contribution in [0.3, 0.4) is 0 Å². The predicted molar refractivity (Wildman–Crippen MR) is 106 cm³/mol. The number of amides is 1. The van der Waals surface area contributed by atoms with E-state index in [1.165, 1.54) is 4.57 Å². The maximum Gasteiger partial charge on any atom is 0.420 e. The summed E-state index contributed by atoms with van der Waals surface area (Å²) in [5.74, 6) is -0.928. The fourth-order valence-electron chi connectivity index (χ4n) is 3.09. The van der Waals surface area contributed by atoms with Gasteiger partial charge in [-0.15, -0.1) is 0 Å². The maximum atomic E-state index is 12.8. The molecular weight excluding hydrogens is 378 g/mol. The molecule has 6 nitrogen and oxygen atoms in total. The molecule has 0 radical (unpaired) electrons. The quantitative estimate of drug-likeness (QED) is 0.562. The number of oxazole rings is 1. The molecule has 0 saturated heterocycles. The summed E-state index contributed by atoms with van der Waals surface area (Å²) in [7, 11) is 0. The summed E-state index contributed by atoms with van der Waals surface area (Å²) in [6.07, 6.45) is 3.38. The second-order valence-electron chi connectivity index (χ2n) is 6.26. The van der Waals surface area contributed by atoms with E-state index < -0.39 is 5.76 Å². The van der Waals surface area contributed by atoms with Crippen molar-refractivity contribution >= 4 is 28.6 Å². The number of hydrogen-bond acceptors (Lipinski definition) is 4. The number of rotatable bonds is 5. The molecule has 0 fully saturated rings. The van der Waals surface area contributed by atoms with Crippen LogP contribution in [-0.2, 0) is 11.3 Å². The molecule has 0 spiro atoms. The maximum absolute atomic E-state index is 12.8. The Bertz CT molecular complexity index is 1130. The standard InChI is InChI=1S/C21H16ClN3O3/c22-16-8-9-17-18(11-16)28-21(27)25(17)13-19(26)24-20(14-5-2-1-3-6-14)15-7-4-10-23-12-15/h1-12,20H,13H2,(H,24,26)/t20-/m1/s1. The number of fused-ring (bicyclic) bond motifs is 1. The average molecular weight is 394 g/mol. The molecule has 140 valence electrons. The molecule has 1 N–H and O–H groups in total. The summed E-state index contributed by atoms with van der Waals surface area (Å²) in [6.45, 7) is -0.170. The van der Waals surface area contributed by atoms with Crippen LogP contribution in [0.2, 0.25) is 5.02 Å². The van der Waals surface area contributed by atoms with Gasteiger partial charge in [0, 0.05) is 23.5 Å². The highest BCUT2D eigenvalue weighted by Crippen LogP contribution is 2.22. The molecule has 0 aliphatic heterocycles. The monoisotopic (exact) mass is 393 g/mol. The number of aromatic nitrogens is 2. The summed E-state index contributed by atoms with van der Waals surface area (Å²) in [5, 5.41) is 3.44. The van der Waals surface area contributed by atoms with Gasteiger partial charge in [-0.2, -0.15) is 0 Å². The van der Waals surface area contributed by atoms with Crippen molar-refractivity contribution in [2.24, 2.45) is 0 Å². The van der Waals surface area contributed by atoms with Crippen molar-refractivity contribution in [1.29, 1.82) is 0 Å². The van der Waals surface area contributed by atoms with Crippen molar-refractivity contribution in [2.75, 3.05) is 0 Å². The van der Waals surface area contributed by atoms with Gasteiger partial charge in [0.25, 0.3) is 0 Å². The zero-order valence-corrected chi connectivity index (χ0v) is 15.5. The van der Waals surface area contributed by atoms with E-state index in [0.29, 0.717) is 16.1 Å². The van der Waals surface area contributed by atoms with Crippen LogP contribution >= 0.6 is 11.6 Å². The van der Waals surface area contributed by atoms with E-state index in [9.17, 15) is 9.59 Å². The third-order valence-corrected chi connectivity index (χ3v) is 4.62. The molecule has 0 bridgehead atoms. The van der Waals surface area contributed by atoms with Crippen LogP contribution in [0.4, 0.5) is 0 Å². The van der Waals surface area contributed by atoms with E-state index in [0.717, 1.165) is 11.1 Å². The van der Waals surface area contributed by atoms with E-state index in [-0.39, 0.29) is 18.5 Å².